The number of halogens is 3. The van der Waals surface area contributed by atoms with Crippen molar-refractivity contribution in [3.05, 3.63) is 18.2 Å². The highest BCUT2D eigenvalue weighted by molar-refractivity contribution is 5.97. The Morgan fingerprint density at radius 1 is 1.20 bits per heavy atom. The van der Waals surface area contributed by atoms with Gasteiger partial charge in [0.2, 0.25) is 0 Å². The monoisotopic (exact) mass is 221 g/mol. The Morgan fingerprint density at radius 2 is 1.67 bits per heavy atom. The maximum atomic E-state index is 11.8. The highest BCUT2D eigenvalue weighted by Gasteiger charge is 2.39. The minimum Gasteiger partial charge on any atom is -0.506 e. The molecule has 0 unspecified atom stereocenters. The first-order valence-electron chi connectivity index (χ1n) is 3.71. The van der Waals surface area contributed by atoms with Crippen LogP contribution in [0.2, 0.25) is 0 Å². The lowest BCUT2D eigenvalue weighted by Crippen LogP contribution is -2.29. The van der Waals surface area contributed by atoms with Gasteiger partial charge in [-0.05, 0) is 12.1 Å². The number of para-hydroxylation sites is 1. The second-order valence-corrected chi connectivity index (χ2v) is 2.62. The van der Waals surface area contributed by atoms with Crippen LogP contribution in [0, 0.1) is 0 Å². The van der Waals surface area contributed by atoms with E-state index in [0.717, 1.165) is 12.1 Å². The molecule has 15 heavy (non-hydrogen) atoms. The molecule has 0 saturated heterocycles. The van der Waals surface area contributed by atoms with Gasteiger partial charge in [0.1, 0.15) is 17.2 Å². The van der Waals surface area contributed by atoms with Gasteiger partial charge in [0.15, 0.2) is 0 Å². The van der Waals surface area contributed by atoms with Crippen molar-refractivity contribution < 1.29 is 28.2 Å². The number of amides is 1. The summed E-state index contributed by atoms with van der Waals surface area (Å²) < 4.78 is 35.5. The molecule has 0 radical (unpaired) electrons. The van der Waals surface area contributed by atoms with Crippen molar-refractivity contribution in [1.29, 1.82) is 0 Å². The highest BCUT2D eigenvalue weighted by Crippen LogP contribution is 2.33. The van der Waals surface area contributed by atoms with Gasteiger partial charge >= 0.3 is 12.1 Å². The summed E-state index contributed by atoms with van der Waals surface area (Å²) in [5.41, 5.74) is -0.667. The third kappa shape index (κ3) is 2.52. The molecule has 0 atom stereocenters. The Hall–Kier alpha value is -1.92. The molecule has 1 aromatic carbocycles. The highest BCUT2D eigenvalue weighted by atomic mass is 19.4. The molecule has 1 aromatic rings. The number of rotatable bonds is 1. The van der Waals surface area contributed by atoms with E-state index in [1.165, 1.54) is 11.4 Å². The van der Waals surface area contributed by atoms with E-state index in [-0.39, 0.29) is 0 Å². The first kappa shape index (κ1) is 11.2. The van der Waals surface area contributed by atoms with Gasteiger partial charge in [-0.25, -0.2) is 0 Å². The number of hydrogen-bond acceptors (Lipinski definition) is 3. The topological polar surface area (TPSA) is 69.6 Å². The molecule has 3 N–H and O–H groups in total. The molecule has 0 heterocycles. The molecule has 0 saturated carbocycles. The van der Waals surface area contributed by atoms with Gasteiger partial charge in [0.05, 0.1) is 0 Å². The number of aromatic hydroxyl groups is 2. The fourth-order valence-electron chi connectivity index (χ4n) is 0.841. The molecule has 0 aromatic heterocycles. The molecule has 0 fully saturated rings. The summed E-state index contributed by atoms with van der Waals surface area (Å²) in [7, 11) is 0. The number of anilines is 1. The number of benzene rings is 1. The maximum absolute atomic E-state index is 11.8. The average Bonchev–Trinajstić information content (AvgIpc) is 2.09. The summed E-state index contributed by atoms with van der Waals surface area (Å²) in [4.78, 5) is 10.5. The Morgan fingerprint density at radius 3 is 2.07 bits per heavy atom. The van der Waals surface area contributed by atoms with E-state index in [1.807, 2.05) is 0 Å². The number of hydrogen-bond donors (Lipinski definition) is 3. The van der Waals surface area contributed by atoms with E-state index >= 15 is 0 Å². The lowest BCUT2D eigenvalue weighted by atomic mass is 10.2. The van der Waals surface area contributed by atoms with E-state index in [9.17, 15) is 18.0 Å². The average molecular weight is 221 g/mol. The van der Waals surface area contributed by atoms with Crippen LogP contribution < -0.4 is 5.32 Å². The molecule has 0 spiro atoms. The fraction of sp³-hybridized carbons (Fsp3) is 0.125. The summed E-state index contributed by atoms with van der Waals surface area (Å²) in [5, 5.41) is 19.5. The van der Waals surface area contributed by atoms with Crippen molar-refractivity contribution in [3.8, 4) is 11.5 Å². The van der Waals surface area contributed by atoms with Crippen LogP contribution in [-0.2, 0) is 4.79 Å². The van der Waals surface area contributed by atoms with Crippen LogP contribution in [0.25, 0.3) is 0 Å². The first-order chi connectivity index (χ1) is 6.82. The Labute approximate surface area is 82.0 Å². The summed E-state index contributed by atoms with van der Waals surface area (Å²) in [6.45, 7) is 0. The van der Waals surface area contributed by atoms with Crippen LogP contribution in [0.15, 0.2) is 18.2 Å². The van der Waals surface area contributed by atoms with E-state index < -0.39 is 29.3 Å². The molecule has 7 heteroatoms. The molecule has 4 nitrogen and oxygen atoms in total. The molecule has 1 rings (SSSR count). The quantitative estimate of drug-likeness (QED) is 0.631. The Balaban J connectivity index is 2.95. The van der Waals surface area contributed by atoms with Gasteiger partial charge in [0, 0.05) is 0 Å². The van der Waals surface area contributed by atoms with Crippen LogP contribution in [-0.4, -0.2) is 22.3 Å². The van der Waals surface area contributed by atoms with Crippen LogP contribution in [0.1, 0.15) is 0 Å². The smallest absolute Gasteiger partial charge is 0.471 e. The predicted molar refractivity (Wildman–Crippen MR) is 44.5 cm³/mol. The fourth-order valence-corrected chi connectivity index (χ4v) is 0.841. The zero-order chi connectivity index (χ0) is 11.6. The standard InChI is InChI=1S/C8H6F3NO3/c9-8(10,11)7(15)12-6-4(13)2-1-3-5(6)14/h1-3,13-14H,(H,12,15). The van der Waals surface area contributed by atoms with Gasteiger partial charge < -0.3 is 15.5 Å². The van der Waals surface area contributed by atoms with E-state index in [1.54, 1.807) is 0 Å². The Kier molecular flexibility index (Phi) is 2.74. The van der Waals surface area contributed by atoms with E-state index in [0.29, 0.717) is 0 Å². The number of phenols is 2. The summed E-state index contributed by atoms with van der Waals surface area (Å²) in [6, 6.07) is 3.28. The van der Waals surface area contributed by atoms with Crippen LogP contribution in [0.3, 0.4) is 0 Å². The molecular formula is C8H6F3NO3. The SMILES string of the molecule is O=C(Nc1c(O)cccc1O)C(F)(F)F. The van der Waals surface area contributed by atoms with Gasteiger partial charge in [-0.3, -0.25) is 4.79 Å². The number of phenolic OH excluding ortho intramolecular Hbond substituents is 2. The molecule has 0 aliphatic heterocycles. The van der Waals surface area contributed by atoms with Crippen molar-refractivity contribution in [2.24, 2.45) is 0 Å². The van der Waals surface area contributed by atoms with Gasteiger partial charge in [0.25, 0.3) is 0 Å². The molecular weight excluding hydrogens is 215 g/mol. The summed E-state index contributed by atoms with van der Waals surface area (Å²) in [6.07, 6.45) is -5.07. The van der Waals surface area contributed by atoms with Crippen LogP contribution in [0.4, 0.5) is 18.9 Å². The zero-order valence-corrected chi connectivity index (χ0v) is 7.17. The zero-order valence-electron chi connectivity index (χ0n) is 7.17. The number of nitrogens with one attached hydrogen (secondary N) is 1. The number of carbonyl (C=O) groups is 1. The summed E-state index contributed by atoms with van der Waals surface area (Å²) in [5.74, 6) is -3.56. The predicted octanol–water partition coefficient (Wildman–Crippen LogP) is 1.60. The van der Waals surface area contributed by atoms with Gasteiger partial charge in [-0.2, -0.15) is 13.2 Å². The van der Waals surface area contributed by atoms with Gasteiger partial charge in [-0.15, -0.1) is 0 Å². The number of alkyl halides is 3. The lowest BCUT2D eigenvalue weighted by molar-refractivity contribution is -0.167. The van der Waals surface area contributed by atoms with Crippen molar-refractivity contribution >= 4 is 11.6 Å². The van der Waals surface area contributed by atoms with E-state index in [4.69, 9.17) is 10.2 Å². The third-order valence-electron chi connectivity index (χ3n) is 1.52. The number of carbonyl (C=O) groups excluding carboxylic acids is 1. The minimum absolute atomic E-state index is 0.646. The van der Waals surface area contributed by atoms with Crippen LogP contribution in [0.5, 0.6) is 11.5 Å². The lowest BCUT2D eigenvalue weighted by Gasteiger charge is -2.10. The first-order valence-corrected chi connectivity index (χ1v) is 3.71. The maximum Gasteiger partial charge on any atom is 0.471 e. The molecule has 0 aliphatic carbocycles. The van der Waals surface area contributed by atoms with Crippen LogP contribution >= 0.6 is 0 Å². The molecule has 0 aliphatic rings. The van der Waals surface area contributed by atoms with Crippen molar-refractivity contribution in [2.45, 2.75) is 6.18 Å². The second-order valence-electron chi connectivity index (χ2n) is 2.62. The van der Waals surface area contributed by atoms with E-state index in [2.05, 4.69) is 0 Å². The normalized spacial score (nSPS) is 11.1. The molecule has 0 bridgehead atoms. The van der Waals surface area contributed by atoms with Crippen molar-refractivity contribution in [1.82, 2.24) is 0 Å². The minimum atomic E-state index is -5.07. The Bertz CT molecular complexity index is 369. The third-order valence-corrected chi connectivity index (χ3v) is 1.52. The largest absolute Gasteiger partial charge is 0.506 e. The summed E-state index contributed by atoms with van der Waals surface area (Å²) >= 11 is 0. The van der Waals surface area contributed by atoms with Crippen molar-refractivity contribution in [2.75, 3.05) is 5.32 Å². The molecule has 1 amide bonds. The molecule has 82 valence electrons. The van der Waals surface area contributed by atoms with Crippen molar-refractivity contribution in [3.63, 3.8) is 0 Å². The second kappa shape index (κ2) is 3.68. The van der Waals surface area contributed by atoms with Gasteiger partial charge in [-0.1, -0.05) is 6.07 Å².